The molecule has 0 N–H and O–H groups in total. The van der Waals surface area contributed by atoms with Crippen molar-refractivity contribution in [2.75, 3.05) is 50.8 Å². The lowest BCUT2D eigenvalue weighted by Crippen LogP contribution is -2.46. The van der Waals surface area contributed by atoms with Gasteiger partial charge in [-0.3, -0.25) is 14.7 Å². The number of hydrogen-bond donors (Lipinski definition) is 0. The zero-order valence-corrected chi connectivity index (χ0v) is 20.9. The average molecular weight is 481 g/mol. The Kier molecular flexibility index (Phi) is 8.08. The van der Waals surface area contributed by atoms with Crippen LogP contribution in [0.2, 0.25) is 0 Å². The Morgan fingerprint density at radius 3 is 2.50 bits per heavy atom. The Morgan fingerprint density at radius 1 is 1.03 bits per heavy atom. The van der Waals surface area contributed by atoms with Gasteiger partial charge in [-0.25, -0.2) is 0 Å². The minimum atomic E-state index is -0.0652. The van der Waals surface area contributed by atoms with Crippen molar-refractivity contribution in [3.8, 4) is 16.9 Å². The zero-order chi connectivity index (χ0) is 23.9. The molecule has 0 bridgehead atoms. The lowest BCUT2D eigenvalue weighted by Gasteiger charge is -2.34. The number of carbonyl (C=O) groups is 1. The summed E-state index contributed by atoms with van der Waals surface area (Å²) in [5.41, 5.74) is 2.67. The van der Waals surface area contributed by atoms with Crippen molar-refractivity contribution in [2.45, 2.75) is 27.3 Å². The van der Waals surface area contributed by atoms with Crippen LogP contribution in [-0.2, 0) is 6.54 Å². The molecule has 3 aromatic rings. The number of amides is 1. The van der Waals surface area contributed by atoms with Crippen molar-refractivity contribution in [1.82, 2.24) is 25.0 Å². The molecule has 0 atom stereocenters. The number of aromatic nitrogens is 3. The first-order valence-electron chi connectivity index (χ1n) is 11.9. The van der Waals surface area contributed by atoms with Crippen molar-refractivity contribution in [1.29, 1.82) is 0 Å². The highest BCUT2D eigenvalue weighted by Crippen LogP contribution is 2.28. The van der Waals surface area contributed by atoms with Crippen molar-refractivity contribution in [3.05, 3.63) is 52.6 Å². The molecule has 1 aliphatic heterocycles. The van der Waals surface area contributed by atoms with Gasteiger partial charge < -0.3 is 14.5 Å². The van der Waals surface area contributed by atoms with E-state index in [1.54, 1.807) is 28.5 Å². The third-order valence-electron chi connectivity index (χ3n) is 6.01. The van der Waals surface area contributed by atoms with Crippen LogP contribution < -0.4 is 9.64 Å². The van der Waals surface area contributed by atoms with Crippen molar-refractivity contribution >= 4 is 23.1 Å². The van der Waals surface area contributed by atoms with Crippen LogP contribution in [0.1, 0.15) is 36.1 Å². The highest BCUT2D eigenvalue weighted by atomic mass is 32.1. The lowest BCUT2D eigenvalue weighted by atomic mass is 10.1. The molecule has 4 rings (SSSR count). The van der Waals surface area contributed by atoms with Gasteiger partial charge in [0.1, 0.15) is 5.75 Å². The maximum absolute atomic E-state index is 12.4. The first-order valence-corrected chi connectivity index (χ1v) is 12.7. The SMILES string of the molecule is CCOc1cncc(-c2csc(CN3CCN(c4ccc(C(=O)N(CC)CC)nn4)CC3)c2)c1. The molecule has 0 aliphatic carbocycles. The van der Waals surface area contributed by atoms with Gasteiger partial charge in [0.2, 0.25) is 0 Å². The third-order valence-corrected chi connectivity index (χ3v) is 6.93. The van der Waals surface area contributed by atoms with E-state index in [0.29, 0.717) is 25.4 Å². The molecule has 8 nitrogen and oxygen atoms in total. The van der Waals surface area contributed by atoms with E-state index >= 15 is 0 Å². The van der Waals surface area contributed by atoms with Gasteiger partial charge >= 0.3 is 0 Å². The summed E-state index contributed by atoms with van der Waals surface area (Å²) in [5.74, 6) is 1.57. The normalized spacial score (nSPS) is 14.3. The Morgan fingerprint density at radius 2 is 1.82 bits per heavy atom. The Hall–Kier alpha value is -3.04. The Balaban J connectivity index is 1.31. The predicted octanol–water partition coefficient (Wildman–Crippen LogP) is 3.80. The highest BCUT2D eigenvalue weighted by Gasteiger charge is 2.20. The standard InChI is InChI=1S/C25H32N6O2S/c1-4-30(5-2)25(32)23-7-8-24(28-27-23)31-11-9-29(10-12-31)17-22-14-20(18-34-22)19-13-21(33-6-3)16-26-15-19/h7-8,13-16,18H,4-6,9-12,17H2,1-3H3. The van der Waals surface area contributed by atoms with Crippen molar-refractivity contribution in [2.24, 2.45) is 0 Å². The van der Waals surface area contributed by atoms with Gasteiger partial charge in [-0.05, 0) is 56.0 Å². The molecule has 0 spiro atoms. The number of piperazine rings is 1. The second-order valence-corrected chi connectivity index (χ2v) is 9.16. The van der Waals surface area contributed by atoms with Gasteiger partial charge in [0, 0.05) is 62.5 Å². The number of ether oxygens (including phenoxy) is 1. The molecule has 180 valence electrons. The second kappa shape index (κ2) is 11.4. The topological polar surface area (TPSA) is 74.7 Å². The van der Waals surface area contributed by atoms with E-state index in [1.807, 2.05) is 39.1 Å². The molecule has 1 aliphatic rings. The minimum absolute atomic E-state index is 0.0652. The summed E-state index contributed by atoms with van der Waals surface area (Å²) < 4.78 is 5.58. The number of nitrogens with zero attached hydrogens (tertiary/aromatic N) is 6. The van der Waals surface area contributed by atoms with Crippen molar-refractivity contribution in [3.63, 3.8) is 0 Å². The maximum Gasteiger partial charge on any atom is 0.274 e. The molecule has 9 heteroatoms. The first kappa shape index (κ1) is 24.1. The minimum Gasteiger partial charge on any atom is -0.492 e. The highest BCUT2D eigenvalue weighted by molar-refractivity contribution is 7.10. The fraction of sp³-hybridized carbons (Fsp3) is 0.440. The van der Waals surface area contributed by atoms with Crippen LogP contribution in [0.3, 0.4) is 0 Å². The van der Waals surface area contributed by atoms with E-state index in [2.05, 4.69) is 36.4 Å². The lowest BCUT2D eigenvalue weighted by molar-refractivity contribution is 0.0766. The quantitative estimate of drug-likeness (QED) is 0.461. The fourth-order valence-electron chi connectivity index (χ4n) is 4.07. The van der Waals surface area contributed by atoms with Crippen LogP contribution >= 0.6 is 11.3 Å². The third kappa shape index (κ3) is 5.71. The summed E-state index contributed by atoms with van der Waals surface area (Å²) >= 11 is 1.78. The van der Waals surface area contributed by atoms with E-state index < -0.39 is 0 Å². The summed E-state index contributed by atoms with van der Waals surface area (Å²) in [6.07, 6.45) is 3.63. The second-order valence-electron chi connectivity index (χ2n) is 8.16. The molecule has 4 heterocycles. The Bertz CT molecular complexity index is 1080. The number of pyridine rings is 1. The molecule has 0 aromatic carbocycles. The number of thiophene rings is 1. The van der Waals surface area contributed by atoms with Gasteiger partial charge in [0.15, 0.2) is 11.5 Å². The van der Waals surface area contributed by atoms with Crippen LogP contribution in [0.5, 0.6) is 5.75 Å². The predicted molar refractivity (Wildman–Crippen MR) is 135 cm³/mol. The molecular weight excluding hydrogens is 448 g/mol. The molecular formula is C25H32N6O2S. The van der Waals surface area contributed by atoms with E-state index in [0.717, 1.165) is 49.9 Å². The number of anilines is 1. The van der Waals surface area contributed by atoms with Gasteiger partial charge in [0.25, 0.3) is 5.91 Å². The summed E-state index contributed by atoms with van der Waals surface area (Å²) in [6.45, 7) is 12.5. The van der Waals surface area contributed by atoms with Crippen LogP contribution in [0.15, 0.2) is 42.0 Å². The maximum atomic E-state index is 12.4. The first-order chi connectivity index (χ1) is 16.6. The number of rotatable bonds is 9. The summed E-state index contributed by atoms with van der Waals surface area (Å²) in [6, 6.07) is 8.00. The smallest absolute Gasteiger partial charge is 0.274 e. The molecule has 3 aromatic heterocycles. The van der Waals surface area contributed by atoms with Gasteiger partial charge in [0.05, 0.1) is 12.8 Å². The largest absolute Gasteiger partial charge is 0.492 e. The number of hydrogen-bond acceptors (Lipinski definition) is 8. The molecule has 0 radical (unpaired) electrons. The summed E-state index contributed by atoms with van der Waals surface area (Å²) in [7, 11) is 0. The molecule has 1 saturated heterocycles. The molecule has 0 saturated carbocycles. The van der Waals surface area contributed by atoms with Crippen LogP contribution in [0, 0.1) is 0 Å². The fourth-order valence-corrected chi connectivity index (χ4v) is 5.01. The number of carbonyl (C=O) groups excluding carboxylic acids is 1. The van der Waals surface area contributed by atoms with Gasteiger partial charge in [-0.15, -0.1) is 21.5 Å². The van der Waals surface area contributed by atoms with Crippen LogP contribution in [-0.4, -0.2) is 76.8 Å². The van der Waals surface area contributed by atoms with Gasteiger partial charge in [-0.1, -0.05) is 0 Å². The van der Waals surface area contributed by atoms with E-state index in [-0.39, 0.29) is 5.91 Å². The molecule has 0 unspecified atom stereocenters. The summed E-state index contributed by atoms with van der Waals surface area (Å²) in [5, 5.41) is 10.7. The average Bonchev–Trinajstić information content (AvgIpc) is 3.34. The monoisotopic (exact) mass is 480 g/mol. The molecule has 1 fully saturated rings. The zero-order valence-electron chi connectivity index (χ0n) is 20.1. The van der Waals surface area contributed by atoms with Crippen molar-refractivity contribution < 1.29 is 9.53 Å². The Labute approximate surface area is 205 Å². The van der Waals surface area contributed by atoms with E-state index in [1.165, 1.54) is 10.4 Å². The van der Waals surface area contributed by atoms with E-state index in [4.69, 9.17) is 4.74 Å². The van der Waals surface area contributed by atoms with Gasteiger partial charge in [-0.2, -0.15) is 0 Å². The van der Waals surface area contributed by atoms with Crippen LogP contribution in [0.25, 0.3) is 11.1 Å². The van der Waals surface area contributed by atoms with Crippen LogP contribution in [0.4, 0.5) is 5.82 Å². The van der Waals surface area contributed by atoms with E-state index in [9.17, 15) is 4.79 Å². The molecule has 1 amide bonds. The summed E-state index contributed by atoms with van der Waals surface area (Å²) in [4.78, 5) is 24.5. The molecule has 34 heavy (non-hydrogen) atoms.